The summed E-state index contributed by atoms with van der Waals surface area (Å²) in [7, 11) is 0. The van der Waals surface area contributed by atoms with Crippen molar-refractivity contribution in [1.29, 1.82) is 0 Å². The van der Waals surface area contributed by atoms with E-state index in [9.17, 15) is 0 Å². The van der Waals surface area contributed by atoms with Crippen LogP contribution in [0, 0.1) is 6.08 Å². The van der Waals surface area contributed by atoms with Crippen LogP contribution in [0.1, 0.15) is 5.56 Å². The molecule has 1 heteroatoms. The molecule has 1 aromatic rings. The fourth-order valence-electron chi connectivity index (χ4n) is 1.75. The van der Waals surface area contributed by atoms with Crippen LogP contribution in [0.5, 0.6) is 0 Å². The van der Waals surface area contributed by atoms with E-state index in [1.54, 1.807) is 0 Å². The first kappa shape index (κ1) is 8.22. The van der Waals surface area contributed by atoms with Crippen LogP contribution in [0.2, 0.25) is 0 Å². The Morgan fingerprint density at radius 1 is 1.00 bits per heavy atom. The third-order valence-electron chi connectivity index (χ3n) is 2.51. The Labute approximate surface area is 89.3 Å². The summed E-state index contributed by atoms with van der Waals surface area (Å²) in [4.78, 5) is 2.09. The molecule has 0 saturated heterocycles. The molecule has 0 N–H and O–H groups in total. The second kappa shape index (κ2) is 3.23. The quantitative estimate of drug-likeness (QED) is 0.618. The summed E-state index contributed by atoms with van der Waals surface area (Å²) in [6.45, 7) is 0. The molecule has 0 saturated carbocycles. The molecule has 2 aliphatic rings. The molecular formula is C14H10N+. The van der Waals surface area contributed by atoms with Gasteiger partial charge in [-0.25, -0.2) is 0 Å². The van der Waals surface area contributed by atoms with Crippen molar-refractivity contribution in [1.82, 2.24) is 4.90 Å². The summed E-state index contributed by atoms with van der Waals surface area (Å²) >= 11 is 0. The molecule has 2 aliphatic heterocycles. The highest BCUT2D eigenvalue weighted by Gasteiger charge is 2.23. The molecular weight excluding hydrogens is 182 g/mol. The fraction of sp³-hybridized carbons (Fsp3) is 0. The number of nitrogens with zero attached hydrogens (tertiary/aromatic N) is 1. The van der Waals surface area contributed by atoms with Crippen LogP contribution in [0.3, 0.4) is 0 Å². The molecule has 0 aromatic heterocycles. The summed E-state index contributed by atoms with van der Waals surface area (Å²) < 4.78 is 0. The normalized spacial score (nSPS) is 16.9. The van der Waals surface area contributed by atoms with Crippen LogP contribution in [-0.4, -0.2) is 4.90 Å². The summed E-state index contributed by atoms with van der Waals surface area (Å²) in [5, 5.41) is 0. The van der Waals surface area contributed by atoms with Crippen molar-refractivity contribution in [3.8, 4) is 0 Å². The lowest BCUT2D eigenvalue weighted by Crippen LogP contribution is -2.05. The Kier molecular flexibility index (Phi) is 1.77. The Morgan fingerprint density at radius 3 is 2.67 bits per heavy atom. The number of benzene rings is 1. The highest BCUT2D eigenvalue weighted by atomic mass is 15.1. The number of hydrogen-bond donors (Lipinski definition) is 0. The van der Waals surface area contributed by atoms with Gasteiger partial charge >= 0.3 is 0 Å². The number of fused-ring (bicyclic) bond motifs is 1. The van der Waals surface area contributed by atoms with Gasteiger partial charge in [0, 0.05) is 18.4 Å². The van der Waals surface area contributed by atoms with Crippen molar-refractivity contribution < 1.29 is 0 Å². The molecule has 0 fully saturated rings. The highest BCUT2D eigenvalue weighted by molar-refractivity contribution is 5.74. The van der Waals surface area contributed by atoms with Crippen molar-refractivity contribution in [2.45, 2.75) is 0 Å². The first-order valence-corrected chi connectivity index (χ1v) is 4.98. The standard InChI is InChI=1S/C14H10N/c1-2-6-12(7-3-1)13-10-14-8-4-5-9-15(14)11-13/h1-9,11H/q+1. The molecule has 1 aromatic carbocycles. The Balaban J connectivity index is 2.01. The molecule has 0 spiro atoms. The lowest BCUT2D eigenvalue weighted by atomic mass is 10.1. The molecule has 0 amide bonds. The van der Waals surface area contributed by atoms with Gasteiger partial charge in [0.2, 0.25) is 0 Å². The maximum Gasteiger partial charge on any atom is 0.192 e. The SMILES string of the molecule is [C+]1=C2C=CC=CN2C=C1c1ccccc1. The van der Waals surface area contributed by atoms with Gasteiger partial charge in [-0.1, -0.05) is 18.2 Å². The van der Waals surface area contributed by atoms with E-state index in [2.05, 4.69) is 35.4 Å². The van der Waals surface area contributed by atoms with Gasteiger partial charge in [0.15, 0.2) is 11.3 Å². The van der Waals surface area contributed by atoms with Crippen LogP contribution in [0.4, 0.5) is 0 Å². The van der Waals surface area contributed by atoms with E-state index < -0.39 is 0 Å². The number of rotatable bonds is 1. The molecule has 1 nitrogen and oxygen atoms in total. The smallest absolute Gasteiger partial charge is 0.192 e. The topological polar surface area (TPSA) is 3.24 Å². The summed E-state index contributed by atoms with van der Waals surface area (Å²) in [6.07, 6.45) is 13.6. The van der Waals surface area contributed by atoms with Gasteiger partial charge in [-0.3, -0.25) is 4.90 Å². The molecule has 0 radical (unpaired) electrons. The molecule has 70 valence electrons. The lowest BCUT2D eigenvalue weighted by Gasteiger charge is -2.06. The zero-order chi connectivity index (χ0) is 10.1. The van der Waals surface area contributed by atoms with Gasteiger partial charge in [0.05, 0.1) is 5.56 Å². The van der Waals surface area contributed by atoms with E-state index in [0.717, 1.165) is 11.3 Å². The molecule has 0 unspecified atom stereocenters. The molecule has 0 aliphatic carbocycles. The average Bonchev–Trinajstić information content (AvgIpc) is 2.74. The predicted octanol–water partition coefficient (Wildman–Crippen LogP) is 3.11. The zero-order valence-corrected chi connectivity index (χ0v) is 8.22. The lowest BCUT2D eigenvalue weighted by molar-refractivity contribution is 0.660. The fourth-order valence-corrected chi connectivity index (χ4v) is 1.75. The first-order valence-electron chi connectivity index (χ1n) is 4.98. The van der Waals surface area contributed by atoms with Crippen molar-refractivity contribution >= 4 is 5.57 Å². The number of allylic oxidation sites excluding steroid dienone is 5. The van der Waals surface area contributed by atoms with Gasteiger partial charge in [-0.15, -0.1) is 0 Å². The van der Waals surface area contributed by atoms with Crippen molar-refractivity contribution in [3.63, 3.8) is 0 Å². The van der Waals surface area contributed by atoms with E-state index in [1.165, 1.54) is 5.56 Å². The third-order valence-corrected chi connectivity index (χ3v) is 2.51. The van der Waals surface area contributed by atoms with E-state index >= 15 is 0 Å². The van der Waals surface area contributed by atoms with E-state index in [1.807, 2.05) is 36.6 Å². The average molecular weight is 192 g/mol. The number of hydrogen-bond acceptors (Lipinski definition) is 1. The van der Waals surface area contributed by atoms with Crippen molar-refractivity contribution in [2.75, 3.05) is 0 Å². The largest absolute Gasteiger partial charge is 0.258 e. The summed E-state index contributed by atoms with van der Waals surface area (Å²) in [6, 6.07) is 10.3. The van der Waals surface area contributed by atoms with Crippen LogP contribution in [-0.2, 0) is 0 Å². The van der Waals surface area contributed by atoms with E-state index in [4.69, 9.17) is 0 Å². The van der Waals surface area contributed by atoms with Gasteiger partial charge in [-0.05, 0) is 24.3 Å². The van der Waals surface area contributed by atoms with Crippen molar-refractivity contribution in [2.24, 2.45) is 0 Å². The van der Waals surface area contributed by atoms with Crippen LogP contribution in [0.25, 0.3) is 5.57 Å². The molecule has 3 rings (SSSR count). The summed E-state index contributed by atoms with van der Waals surface area (Å²) in [5.74, 6) is 0. The Bertz CT molecular complexity index is 489. The Morgan fingerprint density at radius 2 is 1.87 bits per heavy atom. The maximum absolute atomic E-state index is 3.37. The van der Waals surface area contributed by atoms with Gasteiger partial charge in [-0.2, -0.15) is 0 Å². The Hall–Kier alpha value is -2.11. The molecule has 0 bridgehead atoms. The summed E-state index contributed by atoms with van der Waals surface area (Å²) in [5.41, 5.74) is 3.46. The minimum atomic E-state index is 1.11. The minimum Gasteiger partial charge on any atom is -0.258 e. The predicted molar refractivity (Wildman–Crippen MR) is 61.3 cm³/mol. The van der Waals surface area contributed by atoms with Crippen LogP contribution < -0.4 is 0 Å². The first-order chi connectivity index (χ1) is 7.43. The van der Waals surface area contributed by atoms with Crippen molar-refractivity contribution in [3.05, 3.63) is 78.3 Å². The maximum atomic E-state index is 3.37. The van der Waals surface area contributed by atoms with Gasteiger partial charge in [0.25, 0.3) is 0 Å². The monoisotopic (exact) mass is 192 g/mol. The zero-order valence-electron chi connectivity index (χ0n) is 8.22. The molecule has 2 heterocycles. The second-order valence-electron chi connectivity index (χ2n) is 3.53. The van der Waals surface area contributed by atoms with Crippen LogP contribution >= 0.6 is 0 Å². The molecule has 0 atom stereocenters. The van der Waals surface area contributed by atoms with E-state index in [-0.39, 0.29) is 0 Å². The highest BCUT2D eigenvalue weighted by Crippen LogP contribution is 2.28. The van der Waals surface area contributed by atoms with Gasteiger partial charge in [0.1, 0.15) is 6.20 Å². The van der Waals surface area contributed by atoms with Crippen LogP contribution in [0.15, 0.2) is 66.7 Å². The van der Waals surface area contributed by atoms with Gasteiger partial charge < -0.3 is 0 Å². The van der Waals surface area contributed by atoms with E-state index in [0.29, 0.717) is 0 Å². The second-order valence-corrected chi connectivity index (χ2v) is 3.53. The third kappa shape index (κ3) is 1.39. The minimum absolute atomic E-state index is 1.11. The molecule has 15 heavy (non-hydrogen) atoms.